The summed E-state index contributed by atoms with van der Waals surface area (Å²) in [5, 5.41) is 1.94. The Bertz CT molecular complexity index is 663. The molecule has 0 aromatic carbocycles. The number of hydrogen-bond donors (Lipinski definition) is 1. The quantitative estimate of drug-likeness (QED) is 0.866. The van der Waals surface area contributed by atoms with Crippen LogP contribution in [-0.4, -0.2) is 19.8 Å². The Labute approximate surface area is 129 Å². The topological polar surface area (TPSA) is 63.4 Å². The standard InChI is InChI=1S/C11H13BrN2O2S3/c1-14(6-8-4-10(12)17-7-8)19(15,16)11-3-2-9(5-13)18-11/h2-4,7H,5-6,13H2,1H3. The maximum atomic E-state index is 12.4. The molecule has 0 radical (unpaired) electrons. The van der Waals surface area contributed by atoms with Crippen LogP contribution in [0.2, 0.25) is 0 Å². The minimum Gasteiger partial charge on any atom is -0.326 e. The van der Waals surface area contributed by atoms with Crippen LogP contribution in [0.3, 0.4) is 0 Å². The summed E-state index contributed by atoms with van der Waals surface area (Å²) in [6, 6.07) is 5.30. The molecule has 19 heavy (non-hydrogen) atoms. The van der Waals surface area contributed by atoms with Crippen molar-refractivity contribution in [3.05, 3.63) is 37.8 Å². The second-order valence-electron chi connectivity index (χ2n) is 3.95. The highest BCUT2D eigenvalue weighted by atomic mass is 79.9. The fourth-order valence-electron chi connectivity index (χ4n) is 1.53. The Balaban J connectivity index is 2.19. The molecule has 0 aliphatic carbocycles. The van der Waals surface area contributed by atoms with Crippen molar-refractivity contribution in [3.8, 4) is 0 Å². The number of sulfonamides is 1. The lowest BCUT2D eigenvalue weighted by atomic mass is 10.3. The monoisotopic (exact) mass is 380 g/mol. The zero-order chi connectivity index (χ0) is 14.0. The van der Waals surface area contributed by atoms with Crippen LogP contribution < -0.4 is 5.73 Å². The maximum absolute atomic E-state index is 12.4. The van der Waals surface area contributed by atoms with Gasteiger partial charge in [-0.1, -0.05) is 0 Å². The number of thiophene rings is 2. The zero-order valence-corrected chi connectivity index (χ0v) is 14.2. The van der Waals surface area contributed by atoms with Gasteiger partial charge in [-0.3, -0.25) is 0 Å². The summed E-state index contributed by atoms with van der Waals surface area (Å²) in [6.45, 7) is 0.724. The van der Waals surface area contributed by atoms with Crippen LogP contribution in [0.5, 0.6) is 0 Å². The highest BCUT2D eigenvalue weighted by Gasteiger charge is 2.23. The molecule has 4 nitrogen and oxygen atoms in total. The number of rotatable bonds is 5. The molecule has 0 bridgehead atoms. The molecule has 2 aromatic heterocycles. The van der Waals surface area contributed by atoms with Gasteiger partial charge in [0.2, 0.25) is 0 Å². The molecular formula is C11H13BrN2O2S3. The summed E-state index contributed by atoms with van der Waals surface area (Å²) < 4.78 is 27.4. The fraction of sp³-hybridized carbons (Fsp3) is 0.273. The largest absolute Gasteiger partial charge is 0.326 e. The number of halogens is 1. The van der Waals surface area contributed by atoms with E-state index in [1.807, 2.05) is 11.4 Å². The average Bonchev–Trinajstić information content (AvgIpc) is 2.98. The molecule has 0 saturated heterocycles. The minimum atomic E-state index is -3.43. The van der Waals surface area contributed by atoms with Crippen LogP contribution in [0.25, 0.3) is 0 Å². The maximum Gasteiger partial charge on any atom is 0.252 e. The molecule has 0 aliphatic rings. The van der Waals surface area contributed by atoms with E-state index >= 15 is 0 Å². The molecule has 8 heteroatoms. The Kier molecular flexibility index (Phi) is 4.80. The van der Waals surface area contributed by atoms with E-state index in [2.05, 4.69) is 15.9 Å². The molecule has 0 spiro atoms. The molecule has 0 unspecified atom stereocenters. The lowest BCUT2D eigenvalue weighted by Gasteiger charge is -2.15. The number of nitrogens with zero attached hydrogens (tertiary/aromatic N) is 1. The van der Waals surface area contributed by atoms with E-state index in [-0.39, 0.29) is 0 Å². The van der Waals surface area contributed by atoms with E-state index in [0.717, 1.165) is 14.2 Å². The molecule has 2 N–H and O–H groups in total. The molecular weight excluding hydrogens is 368 g/mol. The SMILES string of the molecule is CN(Cc1csc(Br)c1)S(=O)(=O)c1ccc(CN)s1. The Morgan fingerprint density at radius 3 is 2.68 bits per heavy atom. The first-order chi connectivity index (χ1) is 8.93. The van der Waals surface area contributed by atoms with Crippen molar-refractivity contribution < 1.29 is 8.42 Å². The zero-order valence-electron chi connectivity index (χ0n) is 10.2. The average molecular weight is 381 g/mol. The molecule has 104 valence electrons. The highest BCUT2D eigenvalue weighted by molar-refractivity contribution is 9.11. The normalized spacial score (nSPS) is 12.2. The summed E-state index contributed by atoms with van der Waals surface area (Å²) in [6.07, 6.45) is 0. The Morgan fingerprint density at radius 1 is 1.42 bits per heavy atom. The first-order valence-electron chi connectivity index (χ1n) is 5.41. The predicted octanol–water partition coefficient (Wildman–Crippen LogP) is 2.85. The van der Waals surface area contributed by atoms with Crippen molar-refractivity contribution in [3.63, 3.8) is 0 Å². The van der Waals surface area contributed by atoms with Gasteiger partial charge >= 0.3 is 0 Å². The van der Waals surface area contributed by atoms with Gasteiger partial charge in [0.15, 0.2) is 0 Å². The minimum absolute atomic E-state index is 0.338. The lowest BCUT2D eigenvalue weighted by Crippen LogP contribution is -2.25. The summed E-state index contributed by atoms with van der Waals surface area (Å²) in [7, 11) is -1.85. The van der Waals surface area contributed by atoms with Crippen LogP contribution in [0.4, 0.5) is 0 Å². The predicted molar refractivity (Wildman–Crippen MR) is 82.9 cm³/mol. The van der Waals surface area contributed by atoms with Crippen molar-refractivity contribution in [2.75, 3.05) is 7.05 Å². The molecule has 2 aromatic rings. The van der Waals surface area contributed by atoms with Crippen molar-refractivity contribution >= 4 is 48.6 Å². The van der Waals surface area contributed by atoms with Gasteiger partial charge < -0.3 is 5.73 Å². The molecule has 2 rings (SSSR count). The molecule has 2 heterocycles. The van der Waals surface area contributed by atoms with Gasteiger partial charge in [-0.05, 0) is 45.1 Å². The van der Waals surface area contributed by atoms with Gasteiger partial charge in [0.05, 0.1) is 3.79 Å². The van der Waals surface area contributed by atoms with Crippen molar-refractivity contribution in [2.45, 2.75) is 17.3 Å². The molecule has 0 aliphatic heterocycles. The molecule has 0 fully saturated rings. The molecule has 0 atom stereocenters. The summed E-state index contributed by atoms with van der Waals surface area (Å²) in [5.74, 6) is 0. The second kappa shape index (κ2) is 6.02. The van der Waals surface area contributed by atoms with Crippen LogP contribution in [0.15, 0.2) is 31.6 Å². The van der Waals surface area contributed by atoms with E-state index in [4.69, 9.17) is 5.73 Å². The van der Waals surface area contributed by atoms with Crippen LogP contribution in [0.1, 0.15) is 10.4 Å². The van der Waals surface area contributed by atoms with E-state index in [1.165, 1.54) is 15.6 Å². The Hall–Kier alpha value is -0.250. The van der Waals surface area contributed by atoms with E-state index in [9.17, 15) is 8.42 Å². The van der Waals surface area contributed by atoms with Crippen LogP contribution in [0, 0.1) is 0 Å². The van der Waals surface area contributed by atoms with E-state index in [0.29, 0.717) is 17.3 Å². The van der Waals surface area contributed by atoms with Gasteiger partial charge in [0.1, 0.15) is 4.21 Å². The van der Waals surface area contributed by atoms with Gasteiger partial charge in [-0.15, -0.1) is 22.7 Å². The van der Waals surface area contributed by atoms with Crippen molar-refractivity contribution in [1.29, 1.82) is 0 Å². The van der Waals surface area contributed by atoms with Gasteiger partial charge in [0.25, 0.3) is 10.0 Å². The molecule has 0 saturated carbocycles. The summed E-state index contributed by atoms with van der Waals surface area (Å²) in [4.78, 5) is 0.866. The van der Waals surface area contributed by atoms with Crippen LogP contribution in [-0.2, 0) is 23.1 Å². The summed E-state index contributed by atoms with van der Waals surface area (Å²) in [5.41, 5.74) is 6.48. The third kappa shape index (κ3) is 3.45. The number of nitrogens with two attached hydrogens (primary N) is 1. The third-order valence-electron chi connectivity index (χ3n) is 2.53. The Morgan fingerprint density at radius 2 is 2.16 bits per heavy atom. The summed E-state index contributed by atoms with van der Waals surface area (Å²) >= 11 is 6.13. The van der Waals surface area contributed by atoms with E-state index < -0.39 is 10.0 Å². The van der Waals surface area contributed by atoms with Crippen molar-refractivity contribution in [1.82, 2.24) is 4.31 Å². The van der Waals surface area contributed by atoms with Gasteiger partial charge in [-0.25, -0.2) is 8.42 Å². The van der Waals surface area contributed by atoms with Crippen molar-refractivity contribution in [2.24, 2.45) is 5.73 Å². The third-order valence-corrected chi connectivity index (χ3v) is 7.46. The van der Waals surface area contributed by atoms with Gasteiger partial charge in [-0.2, -0.15) is 4.31 Å². The van der Waals surface area contributed by atoms with Crippen LogP contribution >= 0.6 is 38.6 Å². The highest BCUT2D eigenvalue weighted by Crippen LogP contribution is 2.26. The molecule has 0 amide bonds. The number of hydrogen-bond acceptors (Lipinski definition) is 5. The lowest BCUT2D eigenvalue weighted by molar-refractivity contribution is 0.469. The first-order valence-corrected chi connectivity index (χ1v) is 9.34. The van der Waals surface area contributed by atoms with Gasteiger partial charge in [0, 0.05) is 25.0 Å². The fourth-order valence-corrected chi connectivity index (χ4v) is 5.34. The first kappa shape index (κ1) is 15.1. The second-order valence-corrected chi connectivity index (χ2v) is 9.68. The smallest absolute Gasteiger partial charge is 0.252 e. The van der Waals surface area contributed by atoms with E-state index in [1.54, 1.807) is 30.5 Å².